The van der Waals surface area contributed by atoms with Crippen LogP contribution in [-0.2, 0) is 0 Å². The van der Waals surface area contributed by atoms with Gasteiger partial charge in [-0.25, -0.2) is 0 Å². The molecule has 4 nitrogen and oxygen atoms in total. The van der Waals surface area contributed by atoms with Crippen LogP contribution in [-0.4, -0.2) is 44.0 Å². The molecule has 24 heavy (non-hydrogen) atoms. The lowest BCUT2D eigenvalue weighted by atomic mass is 10.1. The number of carbonyl (C=O) groups excluding carboxylic acids is 1. The Hall–Kier alpha value is -2.04. The molecule has 2 aromatic rings. The lowest BCUT2D eigenvalue weighted by Crippen LogP contribution is -2.44. The predicted molar refractivity (Wildman–Crippen MR) is 100 cm³/mol. The van der Waals surface area contributed by atoms with Gasteiger partial charge < -0.3 is 15.1 Å². The maximum atomic E-state index is 12.4. The number of piperazine rings is 1. The van der Waals surface area contributed by atoms with Crippen molar-refractivity contribution >= 4 is 28.9 Å². The van der Waals surface area contributed by atoms with Gasteiger partial charge in [-0.1, -0.05) is 23.7 Å². The summed E-state index contributed by atoms with van der Waals surface area (Å²) in [6.45, 7) is 6.29. The molecular formula is C19H22ClN3O. The van der Waals surface area contributed by atoms with E-state index >= 15 is 0 Å². The molecular weight excluding hydrogens is 322 g/mol. The molecule has 0 radical (unpaired) electrons. The third-order valence-electron chi connectivity index (χ3n) is 4.42. The first kappa shape index (κ1) is 16.8. The van der Waals surface area contributed by atoms with Crippen molar-refractivity contribution in [3.63, 3.8) is 0 Å². The smallest absolute Gasteiger partial charge is 0.257 e. The largest absolute Gasteiger partial charge is 0.369 e. The van der Waals surface area contributed by atoms with Crippen molar-refractivity contribution in [3.05, 3.63) is 58.6 Å². The fourth-order valence-electron chi connectivity index (χ4n) is 2.98. The first-order chi connectivity index (χ1) is 11.5. The third kappa shape index (κ3) is 3.71. The minimum atomic E-state index is -0.188. The van der Waals surface area contributed by atoms with Crippen molar-refractivity contribution in [1.29, 1.82) is 0 Å². The molecule has 0 spiro atoms. The average molecular weight is 344 g/mol. The Bertz CT molecular complexity index is 739. The van der Waals surface area contributed by atoms with Crippen molar-refractivity contribution in [2.24, 2.45) is 0 Å². The summed E-state index contributed by atoms with van der Waals surface area (Å²) < 4.78 is 0. The number of carbonyl (C=O) groups is 1. The summed E-state index contributed by atoms with van der Waals surface area (Å²) >= 11 is 6.08. The van der Waals surface area contributed by atoms with E-state index in [1.807, 2.05) is 24.3 Å². The van der Waals surface area contributed by atoms with Gasteiger partial charge in [-0.15, -0.1) is 0 Å². The van der Waals surface area contributed by atoms with E-state index in [0.29, 0.717) is 10.6 Å². The van der Waals surface area contributed by atoms with Crippen molar-refractivity contribution in [2.75, 3.05) is 43.4 Å². The lowest BCUT2D eigenvalue weighted by molar-refractivity contribution is 0.102. The van der Waals surface area contributed by atoms with E-state index in [0.717, 1.165) is 37.4 Å². The van der Waals surface area contributed by atoms with Crippen LogP contribution < -0.4 is 10.2 Å². The van der Waals surface area contributed by atoms with E-state index in [4.69, 9.17) is 11.6 Å². The summed E-state index contributed by atoms with van der Waals surface area (Å²) in [6, 6.07) is 13.1. The summed E-state index contributed by atoms with van der Waals surface area (Å²) in [5.41, 5.74) is 3.67. The number of amides is 1. The SMILES string of the molecule is Cc1cc(NC(=O)c2ccccc2Cl)ccc1N1CCN(C)CC1. The Kier molecular flexibility index (Phi) is 5.07. The van der Waals surface area contributed by atoms with Gasteiger partial charge in [0.05, 0.1) is 10.6 Å². The van der Waals surface area contributed by atoms with Gasteiger partial charge in [0.2, 0.25) is 0 Å². The zero-order valence-electron chi connectivity index (χ0n) is 14.1. The number of hydrogen-bond acceptors (Lipinski definition) is 3. The molecule has 2 aromatic carbocycles. The number of hydrogen-bond donors (Lipinski definition) is 1. The van der Waals surface area contributed by atoms with Gasteiger partial charge in [0.15, 0.2) is 0 Å². The average Bonchev–Trinajstić information content (AvgIpc) is 2.56. The second-order valence-electron chi connectivity index (χ2n) is 6.23. The highest BCUT2D eigenvalue weighted by Gasteiger charge is 2.16. The van der Waals surface area contributed by atoms with E-state index in [9.17, 15) is 4.79 Å². The van der Waals surface area contributed by atoms with Crippen LogP contribution in [0.4, 0.5) is 11.4 Å². The molecule has 1 saturated heterocycles. The topological polar surface area (TPSA) is 35.6 Å². The van der Waals surface area contributed by atoms with Crippen molar-refractivity contribution in [1.82, 2.24) is 4.90 Å². The summed E-state index contributed by atoms with van der Waals surface area (Å²) in [7, 11) is 2.15. The number of aryl methyl sites for hydroxylation is 1. The number of nitrogens with zero attached hydrogens (tertiary/aromatic N) is 2. The highest BCUT2D eigenvalue weighted by Crippen LogP contribution is 2.25. The second kappa shape index (κ2) is 7.24. The predicted octanol–water partition coefficient (Wildman–Crippen LogP) is 3.65. The highest BCUT2D eigenvalue weighted by atomic mass is 35.5. The normalized spacial score (nSPS) is 15.4. The fourth-order valence-corrected chi connectivity index (χ4v) is 3.20. The fraction of sp³-hybridized carbons (Fsp3) is 0.316. The Morgan fingerprint density at radius 1 is 1.08 bits per heavy atom. The molecule has 3 rings (SSSR count). The summed E-state index contributed by atoms with van der Waals surface area (Å²) in [5.74, 6) is -0.188. The molecule has 0 saturated carbocycles. The van der Waals surface area contributed by atoms with Crippen LogP contribution in [0.25, 0.3) is 0 Å². The molecule has 0 atom stereocenters. The molecule has 1 heterocycles. The molecule has 0 bridgehead atoms. The van der Waals surface area contributed by atoms with Gasteiger partial charge in [0, 0.05) is 37.6 Å². The number of benzene rings is 2. The van der Waals surface area contributed by atoms with Crippen LogP contribution in [0.3, 0.4) is 0 Å². The first-order valence-electron chi connectivity index (χ1n) is 8.14. The van der Waals surface area contributed by atoms with Gasteiger partial charge in [-0.2, -0.15) is 0 Å². The maximum absolute atomic E-state index is 12.4. The molecule has 0 aliphatic carbocycles. The molecule has 1 N–H and O–H groups in total. The van der Waals surface area contributed by atoms with Crippen LogP contribution >= 0.6 is 11.6 Å². The zero-order chi connectivity index (χ0) is 17.1. The highest BCUT2D eigenvalue weighted by molar-refractivity contribution is 6.34. The van der Waals surface area contributed by atoms with Crippen LogP contribution in [0.5, 0.6) is 0 Å². The van der Waals surface area contributed by atoms with Gasteiger partial charge in [-0.3, -0.25) is 4.79 Å². The number of likely N-dealkylation sites (N-methyl/N-ethyl adjacent to an activating group) is 1. The quantitative estimate of drug-likeness (QED) is 0.924. The Labute approximate surface area is 148 Å². The summed E-state index contributed by atoms with van der Waals surface area (Å²) in [4.78, 5) is 17.1. The van der Waals surface area contributed by atoms with Crippen LogP contribution in [0.2, 0.25) is 5.02 Å². The second-order valence-corrected chi connectivity index (χ2v) is 6.63. The van der Waals surface area contributed by atoms with E-state index in [1.165, 1.54) is 5.69 Å². The molecule has 5 heteroatoms. The molecule has 0 unspecified atom stereocenters. The Balaban J connectivity index is 1.73. The third-order valence-corrected chi connectivity index (χ3v) is 4.75. The van der Waals surface area contributed by atoms with Gasteiger partial charge in [0.1, 0.15) is 0 Å². The van der Waals surface area contributed by atoms with E-state index in [-0.39, 0.29) is 5.91 Å². The molecule has 0 aromatic heterocycles. The number of rotatable bonds is 3. The minimum absolute atomic E-state index is 0.188. The van der Waals surface area contributed by atoms with E-state index < -0.39 is 0 Å². The Morgan fingerprint density at radius 2 is 1.79 bits per heavy atom. The van der Waals surface area contributed by atoms with Crippen molar-refractivity contribution in [2.45, 2.75) is 6.92 Å². The van der Waals surface area contributed by atoms with Gasteiger partial charge in [0.25, 0.3) is 5.91 Å². The first-order valence-corrected chi connectivity index (χ1v) is 8.52. The van der Waals surface area contributed by atoms with Crippen molar-refractivity contribution in [3.8, 4) is 0 Å². The zero-order valence-corrected chi connectivity index (χ0v) is 14.8. The summed E-state index contributed by atoms with van der Waals surface area (Å²) in [6.07, 6.45) is 0. The van der Waals surface area contributed by atoms with Crippen LogP contribution in [0.15, 0.2) is 42.5 Å². The number of halogens is 1. The lowest BCUT2D eigenvalue weighted by Gasteiger charge is -2.35. The Morgan fingerprint density at radius 3 is 2.46 bits per heavy atom. The molecule has 1 fully saturated rings. The van der Waals surface area contributed by atoms with Crippen LogP contribution in [0.1, 0.15) is 15.9 Å². The van der Waals surface area contributed by atoms with Gasteiger partial charge >= 0.3 is 0 Å². The number of anilines is 2. The number of nitrogens with one attached hydrogen (secondary N) is 1. The van der Waals surface area contributed by atoms with Gasteiger partial charge in [-0.05, 0) is 49.9 Å². The van der Waals surface area contributed by atoms with E-state index in [1.54, 1.807) is 12.1 Å². The van der Waals surface area contributed by atoms with E-state index in [2.05, 4.69) is 35.2 Å². The minimum Gasteiger partial charge on any atom is -0.369 e. The molecule has 1 aliphatic heterocycles. The maximum Gasteiger partial charge on any atom is 0.257 e. The standard InChI is InChI=1S/C19H22ClN3O/c1-14-13-15(21-19(24)16-5-3-4-6-17(16)20)7-8-18(14)23-11-9-22(2)10-12-23/h3-8,13H,9-12H2,1-2H3,(H,21,24). The molecule has 126 valence electrons. The van der Waals surface area contributed by atoms with Crippen LogP contribution in [0, 0.1) is 6.92 Å². The summed E-state index contributed by atoms with van der Waals surface area (Å²) in [5, 5.41) is 3.39. The molecule has 1 amide bonds. The molecule has 1 aliphatic rings. The monoisotopic (exact) mass is 343 g/mol. The van der Waals surface area contributed by atoms with Crippen molar-refractivity contribution < 1.29 is 4.79 Å².